The molecule has 1 N–H and O–H groups in total. The summed E-state index contributed by atoms with van der Waals surface area (Å²) in [6.07, 6.45) is 1.22. The standard InChI is InChI=1S/C25H39NO3SSi/c1-9-10-16-21(23(27)30-25(3,4)5)22(17-18-31(6,7)8)29-24(28)26-19(2)20-14-12-11-13-15-20/h11-15,19,21-22H,9-10,16H2,1-8H3,(H,26,28)/t19-,21+,22-/m0/s1. The minimum absolute atomic E-state index is 0.0414. The zero-order valence-corrected chi connectivity index (χ0v) is 22.2. The Bertz CT molecular complexity index is 772. The summed E-state index contributed by atoms with van der Waals surface area (Å²) < 4.78 is 5.59. The summed E-state index contributed by atoms with van der Waals surface area (Å²) in [5.41, 5.74) is 4.30. The number of benzene rings is 1. The molecule has 0 aliphatic rings. The van der Waals surface area contributed by atoms with Gasteiger partial charge in [-0.3, -0.25) is 4.79 Å². The van der Waals surface area contributed by atoms with Crippen LogP contribution in [0.15, 0.2) is 30.3 Å². The highest BCUT2D eigenvalue weighted by Crippen LogP contribution is 2.31. The molecular weight excluding hydrogens is 422 g/mol. The number of ether oxygens (including phenoxy) is 1. The quantitative estimate of drug-likeness (QED) is 0.350. The van der Waals surface area contributed by atoms with E-state index in [1.807, 2.05) is 58.0 Å². The molecule has 0 fully saturated rings. The fourth-order valence-corrected chi connectivity index (χ4v) is 4.42. The van der Waals surface area contributed by atoms with Crippen LogP contribution in [-0.4, -0.2) is 30.1 Å². The molecule has 0 saturated carbocycles. The number of hydrogen-bond acceptors (Lipinski definition) is 4. The number of thioether (sulfide) groups is 1. The molecule has 4 nitrogen and oxygen atoms in total. The van der Waals surface area contributed by atoms with Crippen molar-refractivity contribution in [3.05, 3.63) is 35.9 Å². The minimum Gasteiger partial charge on any atom is -0.432 e. The van der Waals surface area contributed by atoms with Gasteiger partial charge >= 0.3 is 6.09 Å². The second-order valence-electron chi connectivity index (χ2n) is 9.90. The van der Waals surface area contributed by atoms with Crippen LogP contribution >= 0.6 is 11.8 Å². The van der Waals surface area contributed by atoms with E-state index in [2.05, 4.69) is 43.3 Å². The van der Waals surface area contributed by atoms with E-state index >= 15 is 0 Å². The Morgan fingerprint density at radius 3 is 2.29 bits per heavy atom. The number of amides is 1. The summed E-state index contributed by atoms with van der Waals surface area (Å²) >= 11 is 1.31. The topological polar surface area (TPSA) is 55.4 Å². The summed E-state index contributed by atoms with van der Waals surface area (Å²) in [5.74, 6) is 2.73. The summed E-state index contributed by atoms with van der Waals surface area (Å²) in [7, 11) is -1.71. The normalized spacial score (nSPS) is 14.6. The molecular formula is C25H39NO3SSi. The number of unbranched alkanes of at least 4 members (excludes halogenated alkanes) is 1. The van der Waals surface area contributed by atoms with E-state index in [-0.39, 0.29) is 15.9 Å². The highest BCUT2D eigenvalue weighted by molar-refractivity contribution is 8.14. The lowest BCUT2D eigenvalue weighted by molar-refractivity contribution is -0.116. The number of rotatable bonds is 8. The van der Waals surface area contributed by atoms with Gasteiger partial charge in [0, 0.05) is 4.75 Å². The van der Waals surface area contributed by atoms with Gasteiger partial charge in [-0.2, -0.15) is 0 Å². The average molecular weight is 462 g/mol. The molecule has 0 aliphatic carbocycles. The lowest BCUT2D eigenvalue weighted by atomic mass is 9.97. The lowest BCUT2D eigenvalue weighted by Gasteiger charge is -2.26. The van der Waals surface area contributed by atoms with Gasteiger partial charge in [0.2, 0.25) is 0 Å². The third kappa shape index (κ3) is 11.5. The fourth-order valence-electron chi connectivity index (χ4n) is 2.85. The van der Waals surface area contributed by atoms with Crippen LogP contribution in [0.1, 0.15) is 65.5 Å². The fraction of sp³-hybridized carbons (Fsp3) is 0.600. The molecule has 0 radical (unpaired) electrons. The molecule has 6 heteroatoms. The first kappa shape index (κ1) is 27.3. The number of carbonyl (C=O) groups is 2. The van der Waals surface area contributed by atoms with Crippen molar-refractivity contribution in [3.8, 4) is 11.5 Å². The molecule has 1 amide bonds. The van der Waals surface area contributed by atoms with Gasteiger partial charge in [0.1, 0.15) is 8.07 Å². The maximum absolute atomic E-state index is 13.2. The van der Waals surface area contributed by atoms with Crippen LogP contribution in [-0.2, 0) is 9.53 Å². The van der Waals surface area contributed by atoms with Crippen LogP contribution in [0, 0.1) is 17.4 Å². The zero-order valence-electron chi connectivity index (χ0n) is 20.4. The molecule has 172 valence electrons. The zero-order chi connectivity index (χ0) is 23.7. The monoisotopic (exact) mass is 461 g/mol. The van der Waals surface area contributed by atoms with Crippen LogP contribution in [0.4, 0.5) is 4.79 Å². The molecule has 1 aromatic rings. The average Bonchev–Trinajstić information content (AvgIpc) is 2.64. The van der Waals surface area contributed by atoms with Crippen LogP contribution < -0.4 is 5.32 Å². The van der Waals surface area contributed by atoms with E-state index in [1.54, 1.807) is 0 Å². The Kier molecular flexibility index (Phi) is 10.9. The van der Waals surface area contributed by atoms with Crippen LogP contribution in [0.2, 0.25) is 19.6 Å². The van der Waals surface area contributed by atoms with E-state index in [4.69, 9.17) is 4.74 Å². The molecule has 0 saturated heterocycles. The van der Waals surface area contributed by atoms with Gasteiger partial charge < -0.3 is 10.1 Å². The minimum atomic E-state index is -1.71. The van der Waals surface area contributed by atoms with Gasteiger partial charge in [-0.15, -0.1) is 5.54 Å². The molecule has 1 aromatic carbocycles. The smallest absolute Gasteiger partial charge is 0.408 e. The molecule has 0 bridgehead atoms. The SMILES string of the molecule is CCCC[C@@H](C(=O)SC(C)(C)C)[C@H](C#C[Si](C)(C)C)OC(=O)N[C@@H](C)c1ccccc1. The summed E-state index contributed by atoms with van der Waals surface area (Å²) in [4.78, 5) is 25.9. The Balaban J connectivity index is 3.09. The maximum Gasteiger partial charge on any atom is 0.408 e. The van der Waals surface area contributed by atoms with Crippen molar-refractivity contribution in [1.29, 1.82) is 0 Å². The Morgan fingerprint density at radius 2 is 1.77 bits per heavy atom. The molecule has 0 aromatic heterocycles. The Hall–Kier alpha value is -1.71. The number of alkyl carbamates (subject to hydrolysis) is 1. The predicted octanol–water partition coefficient (Wildman–Crippen LogP) is 6.59. The van der Waals surface area contributed by atoms with Crippen molar-refractivity contribution in [2.24, 2.45) is 5.92 Å². The molecule has 0 spiro atoms. The molecule has 31 heavy (non-hydrogen) atoms. The van der Waals surface area contributed by atoms with Gasteiger partial charge in [-0.25, -0.2) is 4.79 Å². The molecule has 0 unspecified atom stereocenters. The van der Waals surface area contributed by atoms with Crippen molar-refractivity contribution in [3.63, 3.8) is 0 Å². The van der Waals surface area contributed by atoms with E-state index in [0.717, 1.165) is 18.4 Å². The van der Waals surface area contributed by atoms with Gasteiger partial charge in [0.05, 0.1) is 12.0 Å². The van der Waals surface area contributed by atoms with Crippen molar-refractivity contribution in [2.45, 2.75) is 90.4 Å². The summed E-state index contributed by atoms with van der Waals surface area (Å²) in [6, 6.07) is 9.53. The van der Waals surface area contributed by atoms with Crippen molar-refractivity contribution < 1.29 is 14.3 Å². The first-order chi connectivity index (χ1) is 14.3. The third-order valence-corrected chi connectivity index (χ3v) is 6.41. The highest BCUT2D eigenvalue weighted by Gasteiger charge is 2.33. The molecule has 3 atom stereocenters. The van der Waals surface area contributed by atoms with E-state index < -0.39 is 26.2 Å². The van der Waals surface area contributed by atoms with Crippen molar-refractivity contribution in [1.82, 2.24) is 5.32 Å². The molecule has 1 rings (SSSR count). The van der Waals surface area contributed by atoms with E-state index in [0.29, 0.717) is 6.42 Å². The third-order valence-electron chi connectivity index (χ3n) is 4.40. The summed E-state index contributed by atoms with van der Waals surface area (Å²) in [5, 5.41) is 2.93. The van der Waals surface area contributed by atoms with Crippen molar-refractivity contribution >= 4 is 31.0 Å². The highest BCUT2D eigenvalue weighted by atomic mass is 32.2. The number of hydrogen-bond donors (Lipinski definition) is 1. The van der Waals surface area contributed by atoms with Gasteiger partial charge in [-0.1, -0.05) is 108 Å². The van der Waals surface area contributed by atoms with Gasteiger partial charge in [0.25, 0.3) is 0 Å². The first-order valence-electron chi connectivity index (χ1n) is 11.1. The number of carbonyl (C=O) groups excluding carboxylic acids is 2. The van der Waals surface area contributed by atoms with Crippen LogP contribution in [0.5, 0.6) is 0 Å². The van der Waals surface area contributed by atoms with E-state index in [1.165, 1.54) is 11.8 Å². The van der Waals surface area contributed by atoms with Crippen molar-refractivity contribution in [2.75, 3.05) is 0 Å². The maximum atomic E-state index is 13.2. The van der Waals surface area contributed by atoms with Crippen LogP contribution in [0.25, 0.3) is 0 Å². The molecule has 0 aliphatic heterocycles. The predicted molar refractivity (Wildman–Crippen MR) is 135 cm³/mol. The molecule has 0 heterocycles. The van der Waals surface area contributed by atoms with Gasteiger partial charge in [0.15, 0.2) is 11.2 Å². The van der Waals surface area contributed by atoms with Gasteiger partial charge in [-0.05, 0) is 18.9 Å². The Labute approximate surface area is 194 Å². The van der Waals surface area contributed by atoms with Crippen LogP contribution in [0.3, 0.4) is 0 Å². The first-order valence-corrected chi connectivity index (χ1v) is 15.4. The van der Waals surface area contributed by atoms with E-state index in [9.17, 15) is 9.59 Å². The second kappa shape index (κ2) is 12.4. The largest absolute Gasteiger partial charge is 0.432 e. The Morgan fingerprint density at radius 1 is 1.16 bits per heavy atom. The number of nitrogens with one attached hydrogen (secondary N) is 1. The summed E-state index contributed by atoms with van der Waals surface area (Å²) in [6.45, 7) is 16.5. The second-order valence-corrected chi connectivity index (χ2v) is 16.5. The lowest BCUT2D eigenvalue weighted by Crippen LogP contribution is -2.37.